The molecule has 70 valence electrons. The van der Waals surface area contributed by atoms with Crippen LogP contribution in [0.4, 0.5) is 0 Å². The summed E-state index contributed by atoms with van der Waals surface area (Å²) in [5.74, 6) is 0.0743. The van der Waals surface area contributed by atoms with Gasteiger partial charge in [0.2, 0.25) is 5.91 Å². The molecule has 1 saturated heterocycles. The Morgan fingerprint density at radius 2 is 2.08 bits per heavy atom. The van der Waals surface area contributed by atoms with E-state index < -0.39 is 0 Å². The zero-order valence-corrected chi connectivity index (χ0v) is 8.13. The number of piperidine rings is 1. The molecule has 0 aromatic heterocycles. The molecule has 1 aliphatic heterocycles. The smallest absolute Gasteiger partial charge is 0.235 e. The maximum absolute atomic E-state index is 11.4. The van der Waals surface area contributed by atoms with Crippen LogP contribution < -0.4 is 0 Å². The monoisotopic (exact) mass is 189 g/mol. The zero-order chi connectivity index (χ0) is 9.14. The minimum absolute atomic E-state index is 0.0743. The number of aliphatic hydroxyl groups is 1. The summed E-state index contributed by atoms with van der Waals surface area (Å²) in [6.07, 6.45) is 1.18. The largest absolute Gasteiger partial charge is 0.393 e. The maximum atomic E-state index is 11.4. The first-order chi connectivity index (χ1) is 5.61. The van der Waals surface area contributed by atoms with Crippen molar-refractivity contribution in [2.45, 2.75) is 31.1 Å². The number of amides is 1. The highest BCUT2D eigenvalue weighted by Crippen LogP contribution is 2.12. The number of hydrogen-bond donors (Lipinski definition) is 2. The number of carbonyl (C=O) groups excluding carboxylic acids is 1. The molecule has 1 N–H and O–H groups in total. The molecule has 0 aliphatic carbocycles. The second kappa shape index (κ2) is 4.14. The van der Waals surface area contributed by atoms with Crippen LogP contribution in [0.2, 0.25) is 0 Å². The third kappa shape index (κ3) is 2.38. The van der Waals surface area contributed by atoms with Gasteiger partial charge in [0.25, 0.3) is 0 Å². The number of hydrogen-bond acceptors (Lipinski definition) is 3. The molecule has 0 saturated carbocycles. The van der Waals surface area contributed by atoms with Gasteiger partial charge in [-0.15, -0.1) is 0 Å². The molecule has 1 fully saturated rings. The highest BCUT2D eigenvalue weighted by molar-refractivity contribution is 7.81. The van der Waals surface area contributed by atoms with Crippen molar-refractivity contribution in [3.05, 3.63) is 0 Å². The van der Waals surface area contributed by atoms with E-state index in [2.05, 4.69) is 12.6 Å². The Morgan fingerprint density at radius 1 is 1.58 bits per heavy atom. The SMILES string of the molecule is CC(S)C(=O)N1CCC(O)CC1. The Bertz CT molecular complexity index is 164. The standard InChI is InChI=1S/C8H15NO2S/c1-6(12)8(11)9-4-2-7(10)3-5-9/h6-7,10,12H,2-5H2,1H3. The lowest BCUT2D eigenvalue weighted by molar-refractivity contribution is -0.132. The molecule has 0 radical (unpaired) electrons. The van der Waals surface area contributed by atoms with Crippen LogP contribution in [-0.4, -0.2) is 40.4 Å². The van der Waals surface area contributed by atoms with Crippen molar-refractivity contribution in [2.24, 2.45) is 0 Å². The molecule has 1 atom stereocenters. The van der Waals surface area contributed by atoms with E-state index >= 15 is 0 Å². The second-order valence-corrected chi connectivity index (χ2v) is 4.01. The topological polar surface area (TPSA) is 40.5 Å². The number of rotatable bonds is 1. The van der Waals surface area contributed by atoms with Crippen molar-refractivity contribution in [2.75, 3.05) is 13.1 Å². The first-order valence-electron chi connectivity index (χ1n) is 4.26. The van der Waals surface area contributed by atoms with Crippen molar-refractivity contribution in [3.8, 4) is 0 Å². The van der Waals surface area contributed by atoms with Crippen molar-refractivity contribution in [1.29, 1.82) is 0 Å². The summed E-state index contributed by atoms with van der Waals surface area (Å²) < 4.78 is 0. The van der Waals surface area contributed by atoms with Crippen LogP contribution in [-0.2, 0) is 4.79 Å². The van der Waals surface area contributed by atoms with Gasteiger partial charge >= 0.3 is 0 Å². The fourth-order valence-electron chi connectivity index (χ4n) is 1.35. The van der Waals surface area contributed by atoms with Crippen LogP contribution >= 0.6 is 12.6 Å². The molecule has 1 heterocycles. The molecule has 0 aromatic carbocycles. The highest BCUT2D eigenvalue weighted by atomic mass is 32.1. The van der Waals surface area contributed by atoms with Crippen LogP contribution in [0.15, 0.2) is 0 Å². The first-order valence-corrected chi connectivity index (χ1v) is 4.78. The average molecular weight is 189 g/mol. The Labute approximate surface area is 78.2 Å². The number of likely N-dealkylation sites (tertiary alicyclic amines) is 1. The normalized spacial score (nSPS) is 22.4. The Hall–Kier alpha value is -0.220. The molecular weight excluding hydrogens is 174 g/mol. The summed E-state index contributed by atoms with van der Waals surface area (Å²) in [7, 11) is 0. The Balaban J connectivity index is 2.39. The minimum atomic E-state index is -0.222. The molecular formula is C8H15NO2S. The number of nitrogens with zero attached hydrogens (tertiary/aromatic N) is 1. The maximum Gasteiger partial charge on any atom is 0.235 e. The summed E-state index contributed by atoms with van der Waals surface area (Å²) >= 11 is 4.07. The van der Waals surface area contributed by atoms with Gasteiger partial charge in [0, 0.05) is 13.1 Å². The van der Waals surface area contributed by atoms with Gasteiger partial charge in [-0.3, -0.25) is 4.79 Å². The van der Waals surface area contributed by atoms with E-state index in [1.807, 2.05) is 0 Å². The summed E-state index contributed by atoms with van der Waals surface area (Å²) in [6.45, 7) is 3.12. The molecule has 1 rings (SSSR count). The average Bonchev–Trinajstić information content (AvgIpc) is 2.04. The third-order valence-corrected chi connectivity index (χ3v) is 2.35. The fraction of sp³-hybridized carbons (Fsp3) is 0.875. The Morgan fingerprint density at radius 3 is 2.50 bits per heavy atom. The van der Waals surface area contributed by atoms with Gasteiger partial charge in [-0.1, -0.05) is 0 Å². The molecule has 0 spiro atoms. The summed E-state index contributed by atoms with van der Waals surface area (Å²) in [5, 5.41) is 8.97. The predicted octanol–water partition coefficient (Wildman–Crippen LogP) is 0.288. The molecule has 4 heteroatoms. The lowest BCUT2D eigenvalue weighted by Crippen LogP contribution is -2.42. The zero-order valence-electron chi connectivity index (χ0n) is 7.23. The van der Waals surface area contributed by atoms with E-state index in [9.17, 15) is 9.90 Å². The van der Waals surface area contributed by atoms with Gasteiger partial charge in [0.1, 0.15) is 0 Å². The lowest BCUT2D eigenvalue weighted by Gasteiger charge is -2.30. The van der Waals surface area contributed by atoms with E-state index in [-0.39, 0.29) is 17.3 Å². The van der Waals surface area contributed by atoms with Gasteiger partial charge in [-0.2, -0.15) is 12.6 Å². The summed E-state index contributed by atoms with van der Waals surface area (Å²) in [5.41, 5.74) is 0. The summed E-state index contributed by atoms with van der Waals surface area (Å²) in [6, 6.07) is 0. The highest BCUT2D eigenvalue weighted by Gasteiger charge is 2.22. The van der Waals surface area contributed by atoms with Crippen LogP contribution in [0.5, 0.6) is 0 Å². The Kier molecular flexibility index (Phi) is 3.40. The molecule has 1 unspecified atom stereocenters. The van der Waals surface area contributed by atoms with Gasteiger partial charge in [-0.05, 0) is 19.8 Å². The first kappa shape index (κ1) is 9.86. The lowest BCUT2D eigenvalue weighted by atomic mass is 10.1. The van der Waals surface area contributed by atoms with Crippen molar-refractivity contribution in [1.82, 2.24) is 4.90 Å². The van der Waals surface area contributed by atoms with Crippen LogP contribution in [0.3, 0.4) is 0 Å². The van der Waals surface area contributed by atoms with Gasteiger partial charge < -0.3 is 10.0 Å². The summed E-state index contributed by atoms with van der Waals surface area (Å²) in [4.78, 5) is 13.1. The van der Waals surface area contributed by atoms with E-state index in [0.717, 1.165) is 0 Å². The predicted molar refractivity (Wildman–Crippen MR) is 50.3 cm³/mol. The van der Waals surface area contributed by atoms with E-state index in [1.54, 1.807) is 11.8 Å². The van der Waals surface area contributed by atoms with Crippen LogP contribution in [0.25, 0.3) is 0 Å². The molecule has 3 nitrogen and oxygen atoms in total. The molecule has 0 aromatic rings. The van der Waals surface area contributed by atoms with Crippen molar-refractivity contribution >= 4 is 18.5 Å². The van der Waals surface area contributed by atoms with Crippen molar-refractivity contribution < 1.29 is 9.90 Å². The van der Waals surface area contributed by atoms with Crippen LogP contribution in [0, 0.1) is 0 Å². The number of aliphatic hydroxyl groups excluding tert-OH is 1. The molecule has 0 bridgehead atoms. The van der Waals surface area contributed by atoms with E-state index in [4.69, 9.17) is 0 Å². The quantitative estimate of drug-likeness (QED) is 0.582. The number of thiol groups is 1. The fourth-order valence-corrected chi connectivity index (χ4v) is 1.51. The minimum Gasteiger partial charge on any atom is -0.393 e. The van der Waals surface area contributed by atoms with Gasteiger partial charge in [-0.25, -0.2) is 0 Å². The van der Waals surface area contributed by atoms with E-state index in [1.165, 1.54) is 0 Å². The van der Waals surface area contributed by atoms with Gasteiger partial charge in [0.05, 0.1) is 11.4 Å². The van der Waals surface area contributed by atoms with E-state index in [0.29, 0.717) is 25.9 Å². The molecule has 12 heavy (non-hydrogen) atoms. The van der Waals surface area contributed by atoms with Crippen LogP contribution in [0.1, 0.15) is 19.8 Å². The molecule has 1 aliphatic rings. The molecule has 1 amide bonds. The second-order valence-electron chi connectivity index (χ2n) is 3.23. The van der Waals surface area contributed by atoms with Crippen molar-refractivity contribution in [3.63, 3.8) is 0 Å². The van der Waals surface area contributed by atoms with Gasteiger partial charge in [0.15, 0.2) is 0 Å². The number of carbonyl (C=O) groups is 1. The third-order valence-electron chi connectivity index (χ3n) is 2.13.